The van der Waals surface area contributed by atoms with Gasteiger partial charge in [-0.15, -0.1) is 0 Å². The normalized spacial score (nSPS) is 11.6. The molecule has 2 aromatic rings. The Morgan fingerprint density at radius 2 is 1.79 bits per heavy atom. The Labute approximate surface area is 114 Å². The van der Waals surface area contributed by atoms with Crippen molar-refractivity contribution in [3.63, 3.8) is 0 Å². The molecular weight excluding hydrogens is 272 g/mol. The summed E-state index contributed by atoms with van der Waals surface area (Å²) in [7, 11) is 3.40. The molecule has 0 aliphatic rings. The van der Waals surface area contributed by atoms with Gasteiger partial charge in [-0.05, 0) is 23.1 Å². The molecule has 0 radical (unpaired) electrons. The molecule has 0 atom stereocenters. The summed E-state index contributed by atoms with van der Waals surface area (Å²) in [5.74, 6) is -1.39. The van der Waals surface area contributed by atoms with Gasteiger partial charge in [0, 0.05) is 25.0 Å². The van der Waals surface area contributed by atoms with Gasteiger partial charge in [0.05, 0.1) is 5.69 Å². The minimum atomic E-state index is -3.90. The van der Waals surface area contributed by atoms with Crippen LogP contribution in [0.2, 0.25) is 0 Å². The van der Waals surface area contributed by atoms with Crippen molar-refractivity contribution in [2.45, 2.75) is 5.38 Å². The average Bonchev–Trinajstić information content (AvgIpc) is 2.35. The van der Waals surface area contributed by atoms with Crippen molar-refractivity contribution in [2.75, 3.05) is 19.0 Å². The molecule has 0 bridgehead atoms. The van der Waals surface area contributed by atoms with E-state index in [1.165, 1.54) is 6.07 Å². The van der Waals surface area contributed by atoms with E-state index in [-0.39, 0.29) is 5.56 Å². The summed E-state index contributed by atoms with van der Waals surface area (Å²) < 4.78 is 26.1. The van der Waals surface area contributed by atoms with Crippen LogP contribution < -0.4 is 4.90 Å². The molecule has 0 saturated carbocycles. The molecule has 0 saturated heterocycles. The Balaban J connectivity index is 2.75. The monoisotopic (exact) mass is 283 g/mol. The maximum Gasteiger partial charge on any atom is 0.385 e. The lowest BCUT2D eigenvalue weighted by molar-refractivity contribution is 0.0537. The molecule has 2 aromatic carbocycles. The molecule has 100 valence electrons. The number of ketones is 1. The third-order valence-corrected chi connectivity index (χ3v) is 3.02. The highest BCUT2D eigenvalue weighted by Crippen LogP contribution is 2.34. The maximum atomic E-state index is 13.0. The van der Waals surface area contributed by atoms with Gasteiger partial charge in [-0.1, -0.05) is 30.3 Å². The number of rotatable bonds is 3. The summed E-state index contributed by atoms with van der Waals surface area (Å²) in [6, 6.07) is 10.3. The molecule has 0 unspecified atom stereocenters. The molecule has 0 fully saturated rings. The number of fused-ring (bicyclic) bond motifs is 1. The van der Waals surface area contributed by atoms with Crippen LogP contribution in [0, 0.1) is 0 Å². The van der Waals surface area contributed by atoms with E-state index in [0.29, 0.717) is 5.69 Å². The molecule has 0 aliphatic heterocycles. The van der Waals surface area contributed by atoms with Crippen molar-refractivity contribution in [3.8, 4) is 0 Å². The number of carbonyl (C=O) groups excluding carboxylic acids is 1. The third-order valence-electron chi connectivity index (χ3n) is 2.85. The molecule has 0 aliphatic carbocycles. The predicted octanol–water partition coefficient (Wildman–Crippen LogP) is 3.92. The Hall–Kier alpha value is -1.68. The first-order valence-electron chi connectivity index (χ1n) is 5.63. The topological polar surface area (TPSA) is 20.3 Å². The lowest BCUT2D eigenvalue weighted by atomic mass is 10.0. The number of hydrogen-bond acceptors (Lipinski definition) is 2. The smallest absolute Gasteiger partial charge is 0.377 e. The van der Waals surface area contributed by atoms with Crippen molar-refractivity contribution in [3.05, 3.63) is 42.0 Å². The number of halogens is 3. The Kier molecular flexibility index (Phi) is 3.45. The fraction of sp³-hybridized carbons (Fsp3) is 0.214. The van der Waals surface area contributed by atoms with E-state index in [4.69, 9.17) is 11.6 Å². The summed E-state index contributed by atoms with van der Waals surface area (Å²) in [5.41, 5.74) is 0.368. The van der Waals surface area contributed by atoms with Gasteiger partial charge < -0.3 is 4.90 Å². The molecule has 2 rings (SSSR count). The van der Waals surface area contributed by atoms with Crippen LogP contribution in [-0.2, 0) is 0 Å². The number of hydrogen-bond donors (Lipinski definition) is 0. The van der Waals surface area contributed by atoms with Crippen LogP contribution in [0.1, 0.15) is 10.4 Å². The van der Waals surface area contributed by atoms with Crippen LogP contribution in [0.4, 0.5) is 14.5 Å². The molecule has 0 aromatic heterocycles. The number of alkyl halides is 3. The maximum absolute atomic E-state index is 13.0. The summed E-state index contributed by atoms with van der Waals surface area (Å²) in [5, 5.41) is -2.28. The van der Waals surface area contributed by atoms with Crippen LogP contribution in [0.5, 0.6) is 0 Å². The molecular formula is C14H12ClF2NO. The Morgan fingerprint density at radius 1 is 1.16 bits per heavy atom. The zero-order chi connectivity index (χ0) is 14.2. The predicted molar refractivity (Wildman–Crippen MR) is 73.4 cm³/mol. The Morgan fingerprint density at radius 3 is 2.37 bits per heavy atom. The second-order valence-electron chi connectivity index (χ2n) is 4.40. The van der Waals surface area contributed by atoms with Crippen molar-refractivity contribution in [1.29, 1.82) is 0 Å². The highest BCUT2D eigenvalue weighted by Gasteiger charge is 2.38. The van der Waals surface area contributed by atoms with Crippen LogP contribution in [0.15, 0.2) is 36.4 Å². The summed E-state index contributed by atoms with van der Waals surface area (Å²) in [4.78, 5) is 13.4. The van der Waals surface area contributed by atoms with Gasteiger partial charge in [-0.3, -0.25) is 4.79 Å². The van der Waals surface area contributed by atoms with E-state index in [1.807, 2.05) is 12.1 Å². The molecule has 0 heterocycles. The van der Waals surface area contributed by atoms with E-state index in [1.54, 1.807) is 37.2 Å². The second kappa shape index (κ2) is 4.78. The highest BCUT2D eigenvalue weighted by molar-refractivity contribution is 6.36. The van der Waals surface area contributed by atoms with Crippen molar-refractivity contribution in [1.82, 2.24) is 0 Å². The first kappa shape index (κ1) is 13.7. The zero-order valence-corrected chi connectivity index (χ0v) is 11.2. The molecule has 2 nitrogen and oxygen atoms in total. The van der Waals surface area contributed by atoms with Crippen molar-refractivity contribution < 1.29 is 13.6 Å². The lowest BCUT2D eigenvalue weighted by Crippen LogP contribution is -2.24. The summed E-state index contributed by atoms with van der Waals surface area (Å²) in [6.45, 7) is 0. The quantitative estimate of drug-likeness (QED) is 0.628. The average molecular weight is 284 g/mol. The van der Waals surface area contributed by atoms with Gasteiger partial charge in [0.25, 0.3) is 0 Å². The molecule has 5 heteroatoms. The van der Waals surface area contributed by atoms with E-state index in [2.05, 4.69) is 0 Å². The van der Waals surface area contributed by atoms with Gasteiger partial charge in [0.15, 0.2) is 0 Å². The largest absolute Gasteiger partial charge is 0.385 e. The Bertz CT molecular complexity index is 635. The molecule has 0 spiro atoms. The van der Waals surface area contributed by atoms with E-state index in [0.717, 1.165) is 10.8 Å². The van der Waals surface area contributed by atoms with Gasteiger partial charge >= 0.3 is 5.38 Å². The minimum absolute atomic E-state index is 0.0799. The summed E-state index contributed by atoms with van der Waals surface area (Å²) in [6.07, 6.45) is 0. The van der Waals surface area contributed by atoms with E-state index in [9.17, 15) is 13.6 Å². The number of carbonyl (C=O) groups is 1. The van der Waals surface area contributed by atoms with Gasteiger partial charge in [0.2, 0.25) is 5.78 Å². The lowest BCUT2D eigenvalue weighted by Gasteiger charge is -2.20. The highest BCUT2D eigenvalue weighted by atomic mass is 35.5. The van der Waals surface area contributed by atoms with E-state index < -0.39 is 11.2 Å². The van der Waals surface area contributed by atoms with Gasteiger partial charge in [0.1, 0.15) is 0 Å². The van der Waals surface area contributed by atoms with E-state index >= 15 is 0 Å². The first-order chi connectivity index (χ1) is 8.82. The fourth-order valence-corrected chi connectivity index (χ4v) is 2.17. The SMILES string of the molecule is CN(C)c1c(C(=O)C(F)(F)Cl)ccc2ccccc12. The summed E-state index contributed by atoms with van der Waals surface area (Å²) >= 11 is 4.84. The van der Waals surface area contributed by atoms with Gasteiger partial charge in [-0.2, -0.15) is 8.78 Å². The van der Waals surface area contributed by atoms with Gasteiger partial charge in [-0.25, -0.2) is 0 Å². The van der Waals surface area contributed by atoms with Crippen LogP contribution >= 0.6 is 11.6 Å². The number of Topliss-reactive ketones (excluding diaryl/α,β-unsaturated/α-hetero) is 1. The zero-order valence-electron chi connectivity index (χ0n) is 10.5. The third kappa shape index (κ3) is 2.54. The molecule has 0 N–H and O–H groups in total. The van der Waals surface area contributed by atoms with Crippen LogP contribution in [0.3, 0.4) is 0 Å². The van der Waals surface area contributed by atoms with Crippen molar-refractivity contribution >= 4 is 33.8 Å². The first-order valence-corrected chi connectivity index (χ1v) is 6.01. The fourth-order valence-electron chi connectivity index (χ4n) is 2.07. The minimum Gasteiger partial charge on any atom is -0.377 e. The number of anilines is 1. The van der Waals surface area contributed by atoms with Crippen LogP contribution in [0.25, 0.3) is 10.8 Å². The molecule has 19 heavy (non-hydrogen) atoms. The second-order valence-corrected chi connectivity index (χ2v) is 4.88. The van der Waals surface area contributed by atoms with Crippen molar-refractivity contribution in [2.24, 2.45) is 0 Å². The number of benzene rings is 2. The van der Waals surface area contributed by atoms with Crippen LogP contribution in [-0.4, -0.2) is 25.3 Å². The molecule has 0 amide bonds. The number of nitrogens with zero attached hydrogens (tertiary/aromatic N) is 1. The standard InChI is InChI=1S/C14H12ClF2NO/c1-18(2)12-10-6-4-3-5-9(10)7-8-11(12)13(19)14(15,16)17/h3-8H,1-2H3.